The van der Waals surface area contributed by atoms with E-state index in [4.69, 9.17) is 12.2 Å². The molecule has 0 atom stereocenters. The summed E-state index contributed by atoms with van der Waals surface area (Å²) in [5.74, 6) is 0. The first-order valence-electron chi connectivity index (χ1n) is 9.08. The van der Waals surface area contributed by atoms with Crippen molar-refractivity contribution >= 4 is 28.7 Å². The molecule has 1 heterocycles. The van der Waals surface area contributed by atoms with Gasteiger partial charge in [-0.3, -0.25) is 0 Å². The molecule has 132 valence electrons. The highest BCUT2D eigenvalue weighted by Crippen LogP contribution is 2.26. The topological polar surface area (TPSA) is 27.3 Å². The number of anilines is 2. The zero-order valence-electron chi connectivity index (χ0n) is 15.1. The molecule has 25 heavy (non-hydrogen) atoms. The maximum atomic E-state index is 5.43. The molecular formula is C21H27N3S. The van der Waals surface area contributed by atoms with E-state index in [0.717, 1.165) is 31.7 Å². The number of aryl methyl sites for hydroxylation is 3. The zero-order chi connectivity index (χ0) is 17.6. The van der Waals surface area contributed by atoms with Crippen LogP contribution in [0.2, 0.25) is 0 Å². The molecule has 0 radical (unpaired) electrons. The third-order valence-corrected chi connectivity index (χ3v) is 4.97. The highest BCUT2D eigenvalue weighted by molar-refractivity contribution is 7.80. The zero-order valence-corrected chi connectivity index (χ0v) is 16.0. The Morgan fingerprint density at radius 1 is 1.16 bits per heavy atom. The summed E-state index contributed by atoms with van der Waals surface area (Å²) in [4.78, 5) is 2.50. The summed E-state index contributed by atoms with van der Waals surface area (Å²) in [6.07, 6.45) is 3.52. The standard InChI is InChI=1S/C21H27N3S/c1-16-10-11-19(17(2)15-16)23-21(25)22-12-6-14-24-13-5-8-18-7-3-4-9-20(18)24/h3-4,7,9-11,15H,5-6,8,12-14H2,1-2H3,(H2,22,23,25). The van der Waals surface area contributed by atoms with Crippen LogP contribution in [-0.4, -0.2) is 24.7 Å². The third kappa shape index (κ3) is 4.73. The van der Waals surface area contributed by atoms with E-state index in [-0.39, 0.29) is 0 Å². The number of hydrogen-bond acceptors (Lipinski definition) is 2. The number of nitrogens with one attached hydrogen (secondary N) is 2. The number of fused-ring (bicyclic) bond motifs is 1. The fourth-order valence-electron chi connectivity index (χ4n) is 3.44. The minimum Gasteiger partial charge on any atom is -0.371 e. The van der Waals surface area contributed by atoms with Crippen LogP contribution in [0.5, 0.6) is 0 Å². The van der Waals surface area contributed by atoms with E-state index in [2.05, 4.69) is 71.8 Å². The molecule has 0 unspecified atom stereocenters. The van der Waals surface area contributed by atoms with Gasteiger partial charge in [0.1, 0.15) is 0 Å². The number of para-hydroxylation sites is 1. The summed E-state index contributed by atoms with van der Waals surface area (Å²) in [7, 11) is 0. The van der Waals surface area contributed by atoms with Gasteiger partial charge in [-0.15, -0.1) is 0 Å². The fourth-order valence-corrected chi connectivity index (χ4v) is 3.65. The van der Waals surface area contributed by atoms with Crippen LogP contribution in [0.25, 0.3) is 0 Å². The van der Waals surface area contributed by atoms with E-state index in [1.807, 2.05) is 0 Å². The van der Waals surface area contributed by atoms with Crippen LogP contribution in [0, 0.1) is 13.8 Å². The van der Waals surface area contributed by atoms with Gasteiger partial charge in [-0.1, -0.05) is 35.9 Å². The van der Waals surface area contributed by atoms with Gasteiger partial charge in [0, 0.05) is 31.0 Å². The van der Waals surface area contributed by atoms with Crippen LogP contribution in [0.3, 0.4) is 0 Å². The van der Waals surface area contributed by atoms with Crippen molar-refractivity contribution in [1.82, 2.24) is 5.32 Å². The Hall–Kier alpha value is -2.07. The maximum absolute atomic E-state index is 5.43. The number of rotatable bonds is 5. The summed E-state index contributed by atoms with van der Waals surface area (Å²) in [6, 6.07) is 15.1. The van der Waals surface area contributed by atoms with Crippen molar-refractivity contribution in [3.8, 4) is 0 Å². The van der Waals surface area contributed by atoms with Crippen molar-refractivity contribution in [2.24, 2.45) is 0 Å². The number of nitrogens with zero attached hydrogens (tertiary/aromatic N) is 1. The molecular weight excluding hydrogens is 326 g/mol. The van der Waals surface area contributed by atoms with Crippen LogP contribution < -0.4 is 15.5 Å². The average Bonchev–Trinajstić information content (AvgIpc) is 2.61. The molecule has 1 aliphatic rings. The minimum absolute atomic E-state index is 0.700. The minimum atomic E-state index is 0.700. The van der Waals surface area contributed by atoms with Gasteiger partial charge in [0.25, 0.3) is 0 Å². The Bertz CT molecular complexity index is 742. The van der Waals surface area contributed by atoms with E-state index < -0.39 is 0 Å². The molecule has 4 heteroatoms. The summed E-state index contributed by atoms with van der Waals surface area (Å²) in [5, 5.41) is 7.33. The normalized spacial score (nSPS) is 13.3. The fraction of sp³-hybridized carbons (Fsp3) is 0.381. The SMILES string of the molecule is Cc1ccc(NC(=S)NCCCN2CCCc3ccccc32)c(C)c1. The Balaban J connectivity index is 1.44. The number of hydrogen-bond donors (Lipinski definition) is 2. The summed E-state index contributed by atoms with van der Waals surface area (Å²) >= 11 is 5.43. The van der Waals surface area contributed by atoms with Gasteiger partial charge in [-0.05, 0) is 68.6 Å². The number of benzene rings is 2. The molecule has 0 spiro atoms. The molecule has 0 fully saturated rings. The molecule has 3 rings (SSSR count). The van der Waals surface area contributed by atoms with Crippen LogP contribution in [0.15, 0.2) is 42.5 Å². The second kappa shape index (κ2) is 8.34. The lowest BCUT2D eigenvalue weighted by Crippen LogP contribution is -2.34. The molecule has 2 aromatic rings. The van der Waals surface area contributed by atoms with Crippen molar-refractivity contribution in [3.05, 3.63) is 59.2 Å². The van der Waals surface area contributed by atoms with Gasteiger partial charge < -0.3 is 15.5 Å². The lowest BCUT2D eigenvalue weighted by molar-refractivity contribution is 0.658. The van der Waals surface area contributed by atoms with E-state index >= 15 is 0 Å². The Morgan fingerprint density at radius 2 is 2.00 bits per heavy atom. The highest BCUT2D eigenvalue weighted by atomic mass is 32.1. The molecule has 0 bridgehead atoms. The monoisotopic (exact) mass is 353 g/mol. The average molecular weight is 354 g/mol. The van der Waals surface area contributed by atoms with Crippen molar-refractivity contribution in [2.75, 3.05) is 29.9 Å². The first kappa shape index (κ1) is 17.7. The van der Waals surface area contributed by atoms with Gasteiger partial charge in [0.2, 0.25) is 0 Å². The predicted octanol–water partition coefficient (Wildman–Crippen LogP) is 4.43. The predicted molar refractivity (Wildman–Crippen MR) is 112 cm³/mol. The lowest BCUT2D eigenvalue weighted by atomic mass is 10.0. The van der Waals surface area contributed by atoms with E-state index in [0.29, 0.717) is 5.11 Å². The summed E-state index contributed by atoms with van der Waals surface area (Å²) < 4.78 is 0. The van der Waals surface area contributed by atoms with Gasteiger partial charge in [-0.25, -0.2) is 0 Å². The van der Waals surface area contributed by atoms with Gasteiger partial charge in [-0.2, -0.15) is 0 Å². The van der Waals surface area contributed by atoms with Crippen molar-refractivity contribution in [1.29, 1.82) is 0 Å². The van der Waals surface area contributed by atoms with E-state index in [1.54, 1.807) is 0 Å². The van der Waals surface area contributed by atoms with Gasteiger partial charge in [0.15, 0.2) is 5.11 Å². The molecule has 0 aromatic heterocycles. The molecule has 3 nitrogen and oxygen atoms in total. The molecule has 0 amide bonds. The summed E-state index contributed by atoms with van der Waals surface area (Å²) in [6.45, 7) is 7.31. The second-order valence-electron chi connectivity index (χ2n) is 6.77. The Morgan fingerprint density at radius 3 is 2.84 bits per heavy atom. The van der Waals surface area contributed by atoms with Gasteiger partial charge >= 0.3 is 0 Å². The first-order valence-corrected chi connectivity index (χ1v) is 9.49. The van der Waals surface area contributed by atoms with Crippen LogP contribution in [-0.2, 0) is 6.42 Å². The first-order chi connectivity index (χ1) is 12.1. The Kier molecular flexibility index (Phi) is 5.92. The van der Waals surface area contributed by atoms with Crippen LogP contribution in [0.4, 0.5) is 11.4 Å². The van der Waals surface area contributed by atoms with Crippen LogP contribution >= 0.6 is 12.2 Å². The molecule has 2 N–H and O–H groups in total. The molecule has 2 aromatic carbocycles. The van der Waals surface area contributed by atoms with Gasteiger partial charge in [0.05, 0.1) is 0 Å². The van der Waals surface area contributed by atoms with Crippen LogP contribution in [0.1, 0.15) is 29.5 Å². The smallest absolute Gasteiger partial charge is 0.170 e. The molecule has 1 aliphatic heterocycles. The summed E-state index contributed by atoms with van der Waals surface area (Å²) in [5.41, 5.74) is 6.45. The molecule has 0 aliphatic carbocycles. The van der Waals surface area contributed by atoms with E-state index in [1.165, 1.54) is 35.2 Å². The van der Waals surface area contributed by atoms with Crippen molar-refractivity contribution in [3.63, 3.8) is 0 Å². The van der Waals surface area contributed by atoms with Crippen molar-refractivity contribution < 1.29 is 0 Å². The Labute approximate surface area is 156 Å². The third-order valence-electron chi connectivity index (χ3n) is 4.73. The largest absolute Gasteiger partial charge is 0.371 e. The lowest BCUT2D eigenvalue weighted by Gasteiger charge is -2.31. The molecule has 0 saturated carbocycles. The second-order valence-corrected chi connectivity index (χ2v) is 7.18. The van der Waals surface area contributed by atoms with E-state index in [9.17, 15) is 0 Å². The van der Waals surface area contributed by atoms with Crippen molar-refractivity contribution in [2.45, 2.75) is 33.1 Å². The quantitative estimate of drug-likeness (QED) is 0.614. The number of thiocarbonyl (C=S) groups is 1. The highest BCUT2D eigenvalue weighted by Gasteiger charge is 2.15. The maximum Gasteiger partial charge on any atom is 0.170 e. The molecule has 0 saturated heterocycles.